The monoisotopic (exact) mass is 823 g/mol. The van der Waals surface area contributed by atoms with Gasteiger partial charge in [0, 0.05) is 6.42 Å². The Balaban J connectivity index is 3.36. The molecule has 0 bridgehead atoms. The fourth-order valence-electron chi connectivity index (χ4n) is 5.33. The van der Waals surface area contributed by atoms with Gasteiger partial charge in [-0.25, -0.2) is 4.79 Å². The fourth-order valence-corrected chi connectivity index (χ4v) is 5.33. The number of carboxylic acid groups (broad SMARTS) is 4. The number of nitrogens with one attached hydrogen (secondary N) is 6. The zero-order valence-electron chi connectivity index (χ0n) is 32.6. The second-order valence-electron chi connectivity index (χ2n) is 14.3. The first kappa shape index (κ1) is 49.9. The van der Waals surface area contributed by atoms with Crippen LogP contribution in [0.2, 0.25) is 0 Å². The number of aliphatic carboxylic acids is 4. The van der Waals surface area contributed by atoms with Crippen LogP contribution in [0.3, 0.4) is 0 Å². The molecule has 13 N–H and O–H groups in total. The van der Waals surface area contributed by atoms with E-state index in [4.69, 9.17) is 10.8 Å². The number of rotatable bonds is 25. The van der Waals surface area contributed by atoms with E-state index in [2.05, 4.69) is 31.9 Å². The summed E-state index contributed by atoms with van der Waals surface area (Å²) in [5, 5.41) is 60.8. The Morgan fingerprint density at radius 3 is 1.40 bits per heavy atom. The lowest BCUT2D eigenvalue weighted by molar-refractivity contribution is -0.145. The van der Waals surface area contributed by atoms with Crippen molar-refractivity contribution < 1.29 is 73.5 Å². The zero-order chi connectivity index (χ0) is 44.4. The Bertz CT molecular complexity index is 1650. The van der Waals surface area contributed by atoms with E-state index >= 15 is 0 Å². The molecule has 0 aliphatic carbocycles. The number of hydrogen-bond donors (Lipinski definition) is 12. The van der Waals surface area contributed by atoms with E-state index in [-0.39, 0.29) is 18.8 Å². The standard InChI is InChI=1S/C36H53N7O15/c1-16(2)11-21(41-35(56)28(17(3)4)42-34(55)24(15-27(49)50)38-30(51)20(37)13-25(45)46)31(52)40-23(14-26(47)48)32(53)39-22(12-19-9-7-6-8-10-19)33(54)43-29(18(5)44)36(57)58/h6-10,16-18,20-24,28-29,44H,11-15,37H2,1-5H3,(H,38,51)(H,39,53)(H,40,52)(H,41,56)(H,42,55)(H,43,54)(H,45,46)(H,47,48)(H,49,50)(H,57,58)/t18-,20+,21+,22+,23+,24+,28+,29+/m1/s1. The molecule has 22 nitrogen and oxygen atoms in total. The second kappa shape index (κ2) is 23.8. The average Bonchev–Trinajstić information content (AvgIpc) is 3.10. The van der Waals surface area contributed by atoms with Gasteiger partial charge in [0.25, 0.3) is 0 Å². The summed E-state index contributed by atoms with van der Waals surface area (Å²) in [4.78, 5) is 126. The van der Waals surface area contributed by atoms with Crippen LogP contribution in [-0.2, 0) is 54.4 Å². The maximum Gasteiger partial charge on any atom is 0.328 e. The van der Waals surface area contributed by atoms with Gasteiger partial charge in [-0.15, -0.1) is 0 Å². The van der Waals surface area contributed by atoms with Crippen molar-refractivity contribution in [2.45, 2.75) is 115 Å². The average molecular weight is 824 g/mol. The van der Waals surface area contributed by atoms with E-state index < -0.39 is 133 Å². The van der Waals surface area contributed by atoms with Gasteiger partial charge in [0.15, 0.2) is 6.04 Å². The molecule has 1 aromatic carbocycles. The van der Waals surface area contributed by atoms with E-state index in [1.807, 2.05) is 0 Å². The van der Waals surface area contributed by atoms with Gasteiger partial charge in [0.2, 0.25) is 35.4 Å². The first-order valence-corrected chi connectivity index (χ1v) is 18.1. The Kier molecular flexibility index (Phi) is 20.5. The Morgan fingerprint density at radius 1 is 0.534 bits per heavy atom. The number of carbonyl (C=O) groups is 10. The summed E-state index contributed by atoms with van der Waals surface area (Å²) in [6.07, 6.45) is -4.69. The van der Waals surface area contributed by atoms with Crippen LogP contribution in [0.4, 0.5) is 0 Å². The maximum atomic E-state index is 13.7. The SMILES string of the molecule is CC(C)C[C@H](NC(=O)[C@@H](NC(=O)[C@H](CC(=O)O)NC(=O)[C@@H](N)CC(=O)O)C(C)C)C(=O)N[C@@H](CC(=O)O)C(=O)N[C@@H](Cc1ccccc1)C(=O)N[C@H](C(=O)O)[C@@H](C)O. The topological polar surface area (TPSA) is 370 Å². The van der Waals surface area contributed by atoms with E-state index in [0.717, 1.165) is 6.92 Å². The molecule has 58 heavy (non-hydrogen) atoms. The highest BCUT2D eigenvalue weighted by Crippen LogP contribution is 2.11. The molecular weight excluding hydrogens is 770 g/mol. The Hall–Kier alpha value is -6.16. The van der Waals surface area contributed by atoms with Crippen molar-refractivity contribution in [3.05, 3.63) is 35.9 Å². The minimum absolute atomic E-state index is 0.0914. The minimum Gasteiger partial charge on any atom is -0.481 e. The van der Waals surface area contributed by atoms with Crippen LogP contribution in [0.25, 0.3) is 0 Å². The van der Waals surface area contributed by atoms with Gasteiger partial charge < -0.3 is 63.2 Å². The molecule has 0 fully saturated rings. The third-order valence-corrected chi connectivity index (χ3v) is 8.30. The molecule has 0 saturated carbocycles. The minimum atomic E-state index is -1.86. The molecule has 0 aliphatic heterocycles. The number of benzene rings is 1. The summed E-state index contributed by atoms with van der Waals surface area (Å²) in [6.45, 7) is 7.45. The van der Waals surface area contributed by atoms with Gasteiger partial charge in [-0.05, 0) is 30.7 Å². The highest BCUT2D eigenvalue weighted by molar-refractivity contribution is 5.98. The number of aliphatic hydroxyl groups is 1. The van der Waals surface area contributed by atoms with E-state index in [1.54, 1.807) is 44.2 Å². The van der Waals surface area contributed by atoms with Crippen molar-refractivity contribution in [1.29, 1.82) is 0 Å². The molecule has 22 heteroatoms. The van der Waals surface area contributed by atoms with Crippen molar-refractivity contribution in [3.8, 4) is 0 Å². The summed E-state index contributed by atoms with van der Waals surface area (Å²) >= 11 is 0. The summed E-state index contributed by atoms with van der Waals surface area (Å²) in [6, 6.07) is -3.44. The van der Waals surface area contributed by atoms with Gasteiger partial charge in [-0.1, -0.05) is 58.0 Å². The molecular formula is C36H53N7O15. The molecule has 0 aliphatic rings. The highest BCUT2D eigenvalue weighted by atomic mass is 16.4. The maximum absolute atomic E-state index is 13.7. The number of nitrogens with two attached hydrogens (primary N) is 1. The van der Waals surface area contributed by atoms with Crippen LogP contribution in [0.1, 0.15) is 65.9 Å². The predicted octanol–water partition coefficient (Wildman–Crippen LogP) is -2.94. The molecule has 6 amide bonds. The summed E-state index contributed by atoms with van der Waals surface area (Å²) in [5.74, 6) is -13.7. The molecule has 322 valence electrons. The van der Waals surface area contributed by atoms with E-state index in [0.29, 0.717) is 5.56 Å². The lowest BCUT2D eigenvalue weighted by Crippen LogP contribution is -2.61. The summed E-state index contributed by atoms with van der Waals surface area (Å²) in [5.41, 5.74) is 6.02. The quantitative estimate of drug-likeness (QED) is 0.0469. The van der Waals surface area contributed by atoms with Crippen LogP contribution >= 0.6 is 0 Å². The van der Waals surface area contributed by atoms with E-state index in [9.17, 15) is 68.4 Å². The highest BCUT2D eigenvalue weighted by Gasteiger charge is 2.36. The Morgan fingerprint density at radius 2 is 0.948 bits per heavy atom. The van der Waals surface area contributed by atoms with Crippen LogP contribution in [0, 0.1) is 11.8 Å². The third-order valence-electron chi connectivity index (χ3n) is 8.30. The van der Waals surface area contributed by atoms with Gasteiger partial charge in [-0.2, -0.15) is 0 Å². The van der Waals surface area contributed by atoms with Crippen molar-refractivity contribution in [2.24, 2.45) is 17.6 Å². The molecule has 0 spiro atoms. The lowest BCUT2D eigenvalue weighted by Gasteiger charge is -2.29. The van der Waals surface area contributed by atoms with Gasteiger partial charge >= 0.3 is 23.9 Å². The van der Waals surface area contributed by atoms with Crippen LogP contribution < -0.4 is 37.6 Å². The molecule has 0 unspecified atom stereocenters. The molecule has 0 heterocycles. The molecule has 1 aromatic rings. The first-order chi connectivity index (χ1) is 26.9. The number of hydrogen-bond acceptors (Lipinski definition) is 12. The van der Waals surface area contributed by atoms with Gasteiger partial charge in [0.1, 0.15) is 30.2 Å². The third kappa shape index (κ3) is 17.7. The molecule has 1 rings (SSSR count). The smallest absolute Gasteiger partial charge is 0.328 e. The number of carbonyl (C=O) groups excluding carboxylic acids is 6. The lowest BCUT2D eigenvalue weighted by atomic mass is 9.99. The zero-order valence-corrected chi connectivity index (χ0v) is 32.6. The summed E-state index contributed by atoms with van der Waals surface area (Å²) in [7, 11) is 0. The van der Waals surface area contributed by atoms with Crippen LogP contribution in [0.5, 0.6) is 0 Å². The number of carboxylic acids is 4. The van der Waals surface area contributed by atoms with Gasteiger partial charge in [-0.3, -0.25) is 43.2 Å². The van der Waals surface area contributed by atoms with Crippen molar-refractivity contribution in [1.82, 2.24) is 31.9 Å². The van der Waals surface area contributed by atoms with Crippen molar-refractivity contribution >= 4 is 59.3 Å². The molecule has 8 atom stereocenters. The number of amides is 6. The normalized spacial score (nSPS) is 15.2. The summed E-state index contributed by atoms with van der Waals surface area (Å²) < 4.78 is 0. The first-order valence-electron chi connectivity index (χ1n) is 18.1. The largest absolute Gasteiger partial charge is 0.481 e. The van der Waals surface area contributed by atoms with Gasteiger partial charge in [0.05, 0.1) is 31.4 Å². The second-order valence-corrected chi connectivity index (χ2v) is 14.3. The van der Waals surface area contributed by atoms with E-state index in [1.165, 1.54) is 13.8 Å². The molecule has 0 aromatic heterocycles. The fraction of sp³-hybridized carbons (Fsp3) is 0.556. The number of aliphatic hydroxyl groups excluding tert-OH is 1. The predicted molar refractivity (Wildman–Crippen MR) is 200 cm³/mol. The van der Waals surface area contributed by atoms with Crippen molar-refractivity contribution in [3.63, 3.8) is 0 Å². The van der Waals surface area contributed by atoms with Crippen LogP contribution in [0.15, 0.2) is 30.3 Å². The Labute approximate surface area is 333 Å². The molecule has 0 radical (unpaired) electrons. The molecule has 0 saturated heterocycles. The van der Waals surface area contributed by atoms with Crippen LogP contribution in [-0.4, -0.2) is 133 Å². The van der Waals surface area contributed by atoms with Crippen molar-refractivity contribution in [2.75, 3.05) is 0 Å².